The van der Waals surface area contributed by atoms with Gasteiger partial charge in [-0.1, -0.05) is 42.5 Å². The third-order valence-electron chi connectivity index (χ3n) is 3.70. The molecule has 1 atom stereocenters. The molecule has 0 aromatic heterocycles. The van der Waals surface area contributed by atoms with Crippen LogP contribution in [0.2, 0.25) is 0 Å². The lowest BCUT2D eigenvalue weighted by Gasteiger charge is -2.14. The average molecular weight is 345 g/mol. The second kappa shape index (κ2) is 8.11. The van der Waals surface area contributed by atoms with Gasteiger partial charge in [-0.15, -0.1) is 0 Å². The quantitative estimate of drug-likeness (QED) is 0.839. The molecule has 0 aliphatic heterocycles. The van der Waals surface area contributed by atoms with Gasteiger partial charge in [0.15, 0.2) is 9.84 Å². The number of sulfone groups is 1. The summed E-state index contributed by atoms with van der Waals surface area (Å²) in [5.41, 5.74) is 2.36. The Morgan fingerprint density at radius 3 is 2.38 bits per heavy atom. The number of carbonyl (C=O) groups excluding carboxylic acids is 1. The molecule has 24 heavy (non-hydrogen) atoms. The molecule has 128 valence electrons. The zero-order valence-corrected chi connectivity index (χ0v) is 14.8. The Hall–Kier alpha value is -2.14. The summed E-state index contributed by atoms with van der Waals surface area (Å²) in [6.45, 7) is 1.97. The van der Waals surface area contributed by atoms with Crippen molar-refractivity contribution in [2.45, 2.75) is 31.6 Å². The van der Waals surface area contributed by atoms with Gasteiger partial charge in [-0.25, -0.2) is 8.42 Å². The molecule has 2 aromatic rings. The maximum Gasteiger partial charge on any atom is 0.251 e. The number of nitrogens with one attached hydrogen (secondary N) is 1. The summed E-state index contributed by atoms with van der Waals surface area (Å²) >= 11 is 0. The molecule has 1 amide bonds. The Kier molecular flexibility index (Phi) is 6.15. The highest BCUT2D eigenvalue weighted by atomic mass is 32.2. The van der Waals surface area contributed by atoms with Crippen LogP contribution in [0, 0.1) is 0 Å². The number of aryl methyl sites for hydroxylation is 1. The fourth-order valence-electron chi connectivity index (χ4n) is 2.51. The Labute approximate surface area is 143 Å². The molecule has 2 aromatic carbocycles. The SMILES string of the molecule is C[C@H](CCc1ccccc1)NC(=O)c1cccc(CS(C)(=O)=O)c1. The first-order chi connectivity index (χ1) is 11.3. The molecule has 0 unspecified atom stereocenters. The molecular formula is C19H23NO3S. The second-order valence-electron chi connectivity index (χ2n) is 6.17. The summed E-state index contributed by atoms with van der Waals surface area (Å²) < 4.78 is 22.8. The van der Waals surface area contributed by atoms with Crippen LogP contribution in [0.15, 0.2) is 54.6 Å². The van der Waals surface area contributed by atoms with Gasteiger partial charge in [-0.05, 0) is 43.0 Å². The van der Waals surface area contributed by atoms with E-state index in [0.717, 1.165) is 12.8 Å². The summed E-state index contributed by atoms with van der Waals surface area (Å²) in [7, 11) is -3.11. The number of amides is 1. The fourth-order valence-corrected chi connectivity index (χ4v) is 3.30. The smallest absolute Gasteiger partial charge is 0.251 e. The Morgan fingerprint density at radius 2 is 1.71 bits per heavy atom. The molecule has 0 bridgehead atoms. The Balaban J connectivity index is 1.93. The van der Waals surface area contributed by atoms with Crippen molar-refractivity contribution < 1.29 is 13.2 Å². The minimum atomic E-state index is -3.11. The van der Waals surface area contributed by atoms with Crippen molar-refractivity contribution in [3.63, 3.8) is 0 Å². The van der Waals surface area contributed by atoms with E-state index in [1.54, 1.807) is 24.3 Å². The van der Waals surface area contributed by atoms with Crippen LogP contribution in [0.3, 0.4) is 0 Å². The largest absolute Gasteiger partial charge is 0.350 e. The summed E-state index contributed by atoms with van der Waals surface area (Å²) in [4.78, 5) is 12.3. The highest BCUT2D eigenvalue weighted by Crippen LogP contribution is 2.10. The van der Waals surface area contributed by atoms with Crippen LogP contribution in [0.5, 0.6) is 0 Å². The maximum absolute atomic E-state index is 12.3. The number of benzene rings is 2. The van der Waals surface area contributed by atoms with E-state index < -0.39 is 9.84 Å². The standard InChI is InChI=1S/C19H23NO3S/c1-15(11-12-16-7-4-3-5-8-16)20-19(21)18-10-6-9-17(13-18)14-24(2,22)23/h3-10,13,15H,11-12,14H2,1-2H3,(H,20,21)/t15-/m1/s1. The lowest BCUT2D eigenvalue weighted by molar-refractivity contribution is 0.0938. The van der Waals surface area contributed by atoms with E-state index in [1.165, 1.54) is 11.8 Å². The van der Waals surface area contributed by atoms with E-state index in [0.29, 0.717) is 11.1 Å². The molecular weight excluding hydrogens is 322 g/mol. The molecule has 0 spiro atoms. The summed E-state index contributed by atoms with van der Waals surface area (Å²) in [6, 6.07) is 16.9. The maximum atomic E-state index is 12.3. The van der Waals surface area contributed by atoms with Gasteiger partial charge in [0.1, 0.15) is 0 Å². The van der Waals surface area contributed by atoms with Crippen LogP contribution in [0.1, 0.15) is 34.8 Å². The number of hydrogen-bond donors (Lipinski definition) is 1. The van der Waals surface area contributed by atoms with Gasteiger partial charge in [-0.2, -0.15) is 0 Å². The summed E-state index contributed by atoms with van der Waals surface area (Å²) in [5, 5.41) is 2.97. The second-order valence-corrected chi connectivity index (χ2v) is 8.31. The average Bonchev–Trinajstić information content (AvgIpc) is 2.52. The van der Waals surface area contributed by atoms with Crippen LogP contribution < -0.4 is 5.32 Å². The van der Waals surface area contributed by atoms with Crippen molar-refractivity contribution in [3.05, 3.63) is 71.3 Å². The van der Waals surface area contributed by atoms with Gasteiger partial charge in [0.05, 0.1) is 5.75 Å². The van der Waals surface area contributed by atoms with E-state index >= 15 is 0 Å². The Morgan fingerprint density at radius 1 is 1.04 bits per heavy atom. The lowest BCUT2D eigenvalue weighted by atomic mass is 10.1. The predicted octanol–water partition coefficient (Wildman–Crippen LogP) is 2.98. The van der Waals surface area contributed by atoms with E-state index in [4.69, 9.17) is 0 Å². The van der Waals surface area contributed by atoms with E-state index in [9.17, 15) is 13.2 Å². The van der Waals surface area contributed by atoms with Gasteiger partial charge in [0, 0.05) is 17.9 Å². The molecule has 1 N–H and O–H groups in total. The van der Waals surface area contributed by atoms with Crippen LogP contribution in [0.25, 0.3) is 0 Å². The van der Waals surface area contributed by atoms with Gasteiger partial charge < -0.3 is 5.32 Å². The molecule has 2 rings (SSSR count). The van der Waals surface area contributed by atoms with E-state index in [1.807, 2.05) is 25.1 Å². The third kappa shape index (κ3) is 6.16. The zero-order chi connectivity index (χ0) is 17.6. The van der Waals surface area contributed by atoms with Gasteiger partial charge in [0.25, 0.3) is 5.91 Å². The van der Waals surface area contributed by atoms with E-state index in [-0.39, 0.29) is 17.7 Å². The van der Waals surface area contributed by atoms with Crippen LogP contribution in [-0.4, -0.2) is 26.6 Å². The lowest BCUT2D eigenvalue weighted by Crippen LogP contribution is -2.32. The van der Waals surface area contributed by atoms with E-state index in [2.05, 4.69) is 17.4 Å². The van der Waals surface area contributed by atoms with Crippen LogP contribution >= 0.6 is 0 Å². The Bertz CT molecular complexity index is 785. The third-order valence-corrected chi connectivity index (χ3v) is 4.56. The summed E-state index contributed by atoms with van der Waals surface area (Å²) in [5.74, 6) is -0.233. The van der Waals surface area contributed by atoms with Crippen molar-refractivity contribution in [3.8, 4) is 0 Å². The normalized spacial score (nSPS) is 12.6. The molecule has 0 heterocycles. The van der Waals surface area contributed by atoms with Gasteiger partial charge >= 0.3 is 0 Å². The first-order valence-electron chi connectivity index (χ1n) is 7.95. The molecule has 5 heteroatoms. The molecule has 4 nitrogen and oxygen atoms in total. The molecule has 0 saturated carbocycles. The van der Waals surface area contributed by atoms with Crippen molar-refractivity contribution in [1.82, 2.24) is 5.32 Å². The summed E-state index contributed by atoms with van der Waals surface area (Å²) in [6.07, 6.45) is 2.93. The number of carbonyl (C=O) groups is 1. The first kappa shape index (κ1) is 18.2. The molecule has 0 aliphatic carbocycles. The van der Waals surface area contributed by atoms with Crippen molar-refractivity contribution >= 4 is 15.7 Å². The fraction of sp³-hybridized carbons (Fsp3) is 0.316. The number of hydrogen-bond acceptors (Lipinski definition) is 3. The minimum Gasteiger partial charge on any atom is -0.350 e. The highest BCUT2D eigenvalue weighted by Gasteiger charge is 2.12. The van der Waals surface area contributed by atoms with Crippen molar-refractivity contribution in [1.29, 1.82) is 0 Å². The monoisotopic (exact) mass is 345 g/mol. The zero-order valence-electron chi connectivity index (χ0n) is 14.0. The predicted molar refractivity (Wildman–Crippen MR) is 96.7 cm³/mol. The number of rotatable bonds is 7. The van der Waals surface area contributed by atoms with Gasteiger partial charge in [0.2, 0.25) is 0 Å². The molecule has 0 saturated heterocycles. The van der Waals surface area contributed by atoms with Gasteiger partial charge in [-0.3, -0.25) is 4.79 Å². The van der Waals surface area contributed by atoms with Crippen molar-refractivity contribution in [2.75, 3.05) is 6.26 Å². The molecule has 0 aliphatic rings. The molecule has 0 radical (unpaired) electrons. The van der Waals surface area contributed by atoms with Crippen LogP contribution in [-0.2, 0) is 22.0 Å². The minimum absolute atomic E-state index is 0.0382. The first-order valence-corrected chi connectivity index (χ1v) is 10.0. The highest BCUT2D eigenvalue weighted by molar-refractivity contribution is 7.89. The topological polar surface area (TPSA) is 63.2 Å². The molecule has 0 fully saturated rings. The van der Waals surface area contributed by atoms with Crippen LogP contribution in [0.4, 0.5) is 0 Å². The van der Waals surface area contributed by atoms with Crippen molar-refractivity contribution in [2.24, 2.45) is 0 Å².